The van der Waals surface area contributed by atoms with Gasteiger partial charge in [0.05, 0.1) is 11.7 Å². The Morgan fingerprint density at radius 1 is 1.56 bits per heavy atom. The molecule has 2 unspecified atom stereocenters. The van der Waals surface area contributed by atoms with Crippen LogP contribution in [-0.4, -0.2) is 39.7 Å². The number of likely N-dealkylation sites (tertiary alicyclic amines) is 1. The zero-order chi connectivity index (χ0) is 11.7. The molecule has 0 aromatic rings. The molecule has 88 valence electrons. The zero-order valence-electron chi connectivity index (χ0n) is 9.39. The number of hydrogen-bond donors (Lipinski definition) is 2. The van der Waals surface area contributed by atoms with Gasteiger partial charge in [0.25, 0.3) is 5.91 Å². The summed E-state index contributed by atoms with van der Waals surface area (Å²) in [6.07, 6.45) is 4.67. The third kappa shape index (κ3) is 1.85. The van der Waals surface area contributed by atoms with Gasteiger partial charge in [-0.15, -0.1) is 0 Å². The predicted molar refractivity (Wildman–Crippen MR) is 59.8 cm³/mol. The Hall–Kier alpha value is -1.29. The smallest absolute Gasteiger partial charge is 0.256 e. The second-order valence-electron chi connectivity index (χ2n) is 4.44. The van der Waals surface area contributed by atoms with Crippen molar-refractivity contribution in [3.63, 3.8) is 0 Å². The molecule has 1 saturated heterocycles. The molecule has 4 nitrogen and oxygen atoms in total. The lowest BCUT2D eigenvalue weighted by Gasteiger charge is -2.26. The molecule has 0 radical (unpaired) electrons. The maximum absolute atomic E-state index is 12.1. The molecular weight excluding hydrogens is 206 g/mol. The average Bonchev–Trinajstić information content (AvgIpc) is 2.64. The summed E-state index contributed by atoms with van der Waals surface area (Å²) in [5.74, 6) is -0.317. The van der Waals surface area contributed by atoms with E-state index in [1.807, 2.05) is 6.92 Å². The van der Waals surface area contributed by atoms with Crippen molar-refractivity contribution in [2.24, 2.45) is 0 Å². The van der Waals surface area contributed by atoms with Gasteiger partial charge in [0.15, 0.2) is 0 Å². The lowest BCUT2D eigenvalue weighted by Crippen LogP contribution is -2.38. The summed E-state index contributed by atoms with van der Waals surface area (Å²) >= 11 is 0. The van der Waals surface area contributed by atoms with Crippen LogP contribution in [-0.2, 0) is 4.79 Å². The Balaban J connectivity index is 2.23. The Morgan fingerprint density at radius 2 is 2.31 bits per heavy atom. The molecule has 2 aliphatic rings. The first-order valence-electron chi connectivity index (χ1n) is 5.70. The van der Waals surface area contributed by atoms with Gasteiger partial charge in [-0.3, -0.25) is 4.79 Å². The maximum Gasteiger partial charge on any atom is 0.256 e. The first-order valence-corrected chi connectivity index (χ1v) is 5.70. The fourth-order valence-corrected chi connectivity index (χ4v) is 2.33. The number of hydrogen-bond acceptors (Lipinski definition) is 3. The molecule has 0 aromatic heterocycles. The van der Waals surface area contributed by atoms with Crippen LogP contribution in [0.2, 0.25) is 0 Å². The van der Waals surface area contributed by atoms with Gasteiger partial charge in [0.1, 0.15) is 5.76 Å². The summed E-state index contributed by atoms with van der Waals surface area (Å²) in [6.45, 7) is 2.71. The Morgan fingerprint density at radius 3 is 2.88 bits per heavy atom. The van der Waals surface area contributed by atoms with Crippen LogP contribution in [0.25, 0.3) is 0 Å². The van der Waals surface area contributed by atoms with E-state index in [1.54, 1.807) is 11.0 Å². The standard InChI is InChI=1S/C12H17NO3/c1-8-4-3-7-13(8)12(16)11-9(14)5-2-6-10(11)15/h2,5,8,10,14-15H,3-4,6-7H2,1H3. The summed E-state index contributed by atoms with van der Waals surface area (Å²) in [4.78, 5) is 13.9. The Bertz CT molecular complexity index is 359. The van der Waals surface area contributed by atoms with Gasteiger partial charge in [-0.25, -0.2) is 0 Å². The van der Waals surface area contributed by atoms with Crippen LogP contribution in [0, 0.1) is 0 Å². The highest BCUT2D eigenvalue weighted by atomic mass is 16.3. The fraction of sp³-hybridized carbons (Fsp3) is 0.583. The number of nitrogens with zero attached hydrogens (tertiary/aromatic N) is 1. The number of carbonyl (C=O) groups excluding carboxylic acids is 1. The third-order valence-electron chi connectivity index (χ3n) is 3.29. The summed E-state index contributed by atoms with van der Waals surface area (Å²) in [5.41, 5.74) is 0.149. The van der Waals surface area contributed by atoms with Crippen molar-refractivity contribution in [3.8, 4) is 0 Å². The molecule has 0 bridgehead atoms. The fourth-order valence-electron chi connectivity index (χ4n) is 2.33. The molecule has 0 spiro atoms. The molecule has 4 heteroatoms. The van der Waals surface area contributed by atoms with Gasteiger partial charge in [-0.1, -0.05) is 6.08 Å². The molecule has 0 saturated carbocycles. The third-order valence-corrected chi connectivity index (χ3v) is 3.29. The van der Waals surface area contributed by atoms with Crippen LogP contribution in [0.3, 0.4) is 0 Å². The van der Waals surface area contributed by atoms with Crippen molar-refractivity contribution in [2.75, 3.05) is 6.54 Å². The molecule has 16 heavy (non-hydrogen) atoms. The van der Waals surface area contributed by atoms with E-state index >= 15 is 0 Å². The highest BCUT2D eigenvalue weighted by Gasteiger charge is 2.32. The maximum atomic E-state index is 12.1. The first kappa shape index (κ1) is 11.2. The number of aliphatic hydroxyl groups is 2. The molecule has 0 aromatic carbocycles. The summed E-state index contributed by atoms with van der Waals surface area (Å²) in [6, 6.07) is 0.200. The van der Waals surface area contributed by atoms with Gasteiger partial charge in [0, 0.05) is 12.6 Å². The first-order chi connectivity index (χ1) is 7.61. The van der Waals surface area contributed by atoms with Gasteiger partial charge in [-0.05, 0) is 32.3 Å². The largest absolute Gasteiger partial charge is 0.507 e. The normalized spacial score (nSPS) is 30.0. The highest BCUT2D eigenvalue weighted by molar-refractivity contribution is 5.96. The second-order valence-corrected chi connectivity index (χ2v) is 4.44. The van der Waals surface area contributed by atoms with Gasteiger partial charge >= 0.3 is 0 Å². The molecule has 2 rings (SSSR count). The van der Waals surface area contributed by atoms with Crippen LogP contribution in [0.4, 0.5) is 0 Å². The molecule has 2 atom stereocenters. The van der Waals surface area contributed by atoms with Crippen LogP contribution in [0.1, 0.15) is 26.2 Å². The van der Waals surface area contributed by atoms with Gasteiger partial charge in [0.2, 0.25) is 0 Å². The van der Waals surface area contributed by atoms with E-state index in [1.165, 1.54) is 6.08 Å². The summed E-state index contributed by atoms with van der Waals surface area (Å²) in [7, 11) is 0. The highest BCUT2D eigenvalue weighted by Crippen LogP contribution is 2.25. The van der Waals surface area contributed by atoms with Crippen molar-refractivity contribution in [2.45, 2.75) is 38.3 Å². The number of aliphatic hydroxyl groups excluding tert-OH is 2. The van der Waals surface area contributed by atoms with E-state index in [4.69, 9.17) is 0 Å². The van der Waals surface area contributed by atoms with E-state index in [2.05, 4.69) is 0 Å². The number of allylic oxidation sites excluding steroid dienone is 1. The quantitative estimate of drug-likeness (QED) is 0.700. The molecule has 1 aliphatic heterocycles. The number of rotatable bonds is 1. The van der Waals surface area contributed by atoms with E-state index in [-0.39, 0.29) is 23.3 Å². The monoisotopic (exact) mass is 223 g/mol. The van der Waals surface area contributed by atoms with Crippen LogP contribution < -0.4 is 0 Å². The summed E-state index contributed by atoms with van der Waals surface area (Å²) in [5, 5.41) is 19.4. The molecule has 1 amide bonds. The minimum atomic E-state index is -0.870. The van der Waals surface area contributed by atoms with E-state index in [0.717, 1.165) is 12.8 Å². The second kappa shape index (κ2) is 4.29. The molecule has 1 heterocycles. The molecule has 1 fully saturated rings. The molecule has 1 aliphatic carbocycles. The van der Waals surface area contributed by atoms with Gasteiger partial charge < -0.3 is 15.1 Å². The van der Waals surface area contributed by atoms with Crippen molar-refractivity contribution in [3.05, 3.63) is 23.5 Å². The lowest BCUT2D eigenvalue weighted by atomic mass is 9.99. The number of carbonyl (C=O) groups is 1. The van der Waals surface area contributed by atoms with Crippen LogP contribution in [0.5, 0.6) is 0 Å². The minimum Gasteiger partial charge on any atom is -0.507 e. The van der Waals surface area contributed by atoms with E-state index < -0.39 is 6.10 Å². The SMILES string of the molecule is CC1CCCN1C(=O)C1=C(O)C=CCC1O. The Kier molecular flexibility index (Phi) is 3.01. The summed E-state index contributed by atoms with van der Waals surface area (Å²) < 4.78 is 0. The topological polar surface area (TPSA) is 60.8 Å². The molecular formula is C12H17NO3. The Labute approximate surface area is 94.9 Å². The molecule has 2 N–H and O–H groups in total. The lowest BCUT2D eigenvalue weighted by molar-refractivity contribution is -0.128. The van der Waals surface area contributed by atoms with E-state index in [0.29, 0.717) is 13.0 Å². The van der Waals surface area contributed by atoms with Crippen molar-refractivity contribution < 1.29 is 15.0 Å². The zero-order valence-corrected chi connectivity index (χ0v) is 9.39. The van der Waals surface area contributed by atoms with Gasteiger partial charge in [-0.2, -0.15) is 0 Å². The minimum absolute atomic E-state index is 0.0946. The van der Waals surface area contributed by atoms with Crippen LogP contribution >= 0.6 is 0 Å². The van der Waals surface area contributed by atoms with Crippen molar-refractivity contribution in [1.82, 2.24) is 4.90 Å². The van der Waals surface area contributed by atoms with Crippen LogP contribution in [0.15, 0.2) is 23.5 Å². The van der Waals surface area contributed by atoms with E-state index in [9.17, 15) is 15.0 Å². The average molecular weight is 223 g/mol. The van der Waals surface area contributed by atoms with Crippen molar-refractivity contribution >= 4 is 5.91 Å². The van der Waals surface area contributed by atoms with Crippen molar-refractivity contribution in [1.29, 1.82) is 0 Å². The number of amides is 1. The predicted octanol–water partition coefficient (Wildman–Crippen LogP) is 1.13.